The van der Waals surface area contributed by atoms with Crippen LogP contribution in [0.1, 0.15) is 37.3 Å². The van der Waals surface area contributed by atoms with Crippen LogP contribution in [-0.4, -0.2) is 20.8 Å². The van der Waals surface area contributed by atoms with Crippen molar-refractivity contribution in [2.45, 2.75) is 44.8 Å². The van der Waals surface area contributed by atoms with E-state index in [1.807, 2.05) is 0 Å². The van der Waals surface area contributed by atoms with Crippen molar-refractivity contribution in [3.05, 3.63) is 28.4 Å². The Balaban J connectivity index is 2.36. The van der Waals surface area contributed by atoms with Crippen molar-refractivity contribution in [3.8, 4) is 0 Å². The third kappa shape index (κ3) is 1.95. The molecular weight excluding hydrogens is 192 g/mol. The number of nitrogens with zero attached hydrogens (tertiary/aromatic N) is 2. The van der Waals surface area contributed by atoms with Crippen molar-refractivity contribution in [1.29, 1.82) is 0 Å². The van der Waals surface area contributed by atoms with Gasteiger partial charge in [0.15, 0.2) is 0 Å². The van der Waals surface area contributed by atoms with Crippen LogP contribution in [0, 0.1) is 6.92 Å². The molecule has 1 heterocycles. The van der Waals surface area contributed by atoms with Crippen LogP contribution >= 0.6 is 0 Å². The second-order valence-corrected chi connectivity index (χ2v) is 4.21. The van der Waals surface area contributed by atoms with Crippen LogP contribution in [-0.2, 0) is 0 Å². The molecule has 1 aromatic rings. The molecule has 2 unspecified atom stereocenters. The highest BCUT2D eigenvalue weighted by Gasteiger charge is 2.25. The summed E-state index contributed by atoms with van der Waals surface area (Å²) in [6.45, 7) is 1.75. The van der Waals surface area contributed by atoms with Gasteiger partial charge in [-0.05, 0) is 19.8 Å². The molecule has 0 spiro atoms. The van der Waals surface area contributed by atoms with Crippen LogP contribution in [0.4, 0.5) is 0 Å². The second-order valence-electron chi connectivity index (χ2n) is 4.21. The van der Waals surface area contributed by atoms with E-state index >= 15 is 0 Å². The third-order valence-corrected chi connectivity index (χ3v) is 3.08. The summed E-state index contributed by atoms with van der Waals surface area (Å²) in [5, 5.41) is 9.85. The van der Waals surface area contributed by atoms with E-state index in [9.17, 15) is 9.90 Å². The van der Waals surface area contributed by atoms with Crippen LogP contribution in [0.2, 0.25) is 0 Å². The number of rotatable bonds is 1. The van der Waals surface area contributed by atoms with Crippen molar-refractivity contribution in [3.63, 3.8) is 0 Å². The van der Waals surface area contributed by atoms with Crippen LogP contribution in [0.15, 0.2) is 17.3 Å². The number of aliphatic hydroxyl groups is 1. The molecule has 4 heteroatoms. The third-order valence-electron chi connectivity index (χ3n) is 3.08. The number of aliphatic hydroxyl groups excluding tert-OH is 1. The van der Waals surface area contributed by atoms with E-state index in [4.69, 9.17) is 0 Å². The molecule has 1 aromatic heterocycles. The lowest BCUT2D eigenvalue weighted by molar-refractivity contribution is 0.0731. The van der Waals surface area contributed by atoms with Crippen molar-refractivity contribution in [1.82, 2.24) is 9.55 Å². The molecule has 0 amide bonds. The number of aryl methyl sites for hydroxylation is 1. The van der Waals surface area contributed by atoms with Gasteiger partial charge < -0.3 is 5.11 Å². The first-order valence-corrected chi connectivity index (χ1v) is 5.41. The maximum absolute atomic E-state index is 11.8. The minimum absolute atomic E-state index is 0.0315. The summed E-state index contributed by atoms with van der Waals surface area (Å²) < 4.78 is 1.58. The van der Waals surface area contributed by atoms with Gasteiger partial charge >= 0.3 is 0 Å². The van der Waals surface area contributed by atoms with Crippen LogP contribution < -0.4 is 5.56 Å². The molecule has 0 saturated heterocycles. The van der Waals surface area contributed by atoms with Gasteiger partial charge in [-0.15, -0.1) is 0 Å². The summed E-state index contributed by atoms with van der Waals surface area (Å²) in [4.78, 5) is 15.8. The fourth-order valence-corrected chi connectivity index (χ4v) is 2.18. The first-order chi connectivity index (χ1) is 7.20. The highest BCUT2D eigenvalue weighted by Crippen LogP contribution is 2.27. The lowest BCUT2D eigenvalue weighted by Gasteiger charge is -2.28. The Morgan fingerprint density at radius 2 is 2.20 bits per heavy atom. The molecule has 4 nitrogen and oxygen atoms in total. The topological polar surface area (TPSA) is 55.1 Å². The Bertz CT molecular complexity index is 400. The molecule has 82 valence electrons. The zero-order valence-corrected chi connectivity index (χ0v) is 8.89. The Hall–Kier alpha value is -1.16. The second kappa shape index (κ2) is 4.14. The minimum atomic E-state index is -0.403. The maximum Gasteiger partial charge on any atom is 0.256 e. The molecule has 0 aliphatic heterocycles. The van der Waals surface area contributed by atoms with Gasteiger partial charge in [-0.3, -0.25) is 9.36 Å². The van der Waals surface area contributed by atoms with E-state index in [0.717, 1.165) is 25.7 Å². The fourth-order valence-electron chi connectivity index (χ4n) is 2.18. The van der Waals surface area contributed by atoms with E-state index in [1.54, 1.807) is 17.7 Å². The zero-order valence-electron chi connectivity index (χ0n) is 8.89. The van der Waals surface area contributed by atoms with Gasteiger partial charge in [0.25, 0.3) is 5.56 Å². The summed E-state index contributed by atoms with van der Waals surface area (Å²) in [6, 6.07) is -0.0846. The van der Waals surface area contributed by atoms with E-state index in [0.29, 0.717) is 5.56 Å². The maximum atomic E-state index is 11.8. The van der Waals surface area contributed by atoms with Gasteiger partial charge in [0.2, 0.25) is 0 Å². The fraction of sp³-hybridized carbons (Fsp3) is 0.636. The van der Waals surface area contributed by atoms with E-state index in [1.165, 1.54) is 6.33 Å². The molecular formula is C11H16N2O2. The monoisotopic (exact) mass is 208 g/mol. The Kier molecular flexibility index (Phi) is 2.86. The summed E-state index contributed by atoms with van der Waals surface area (Å²) in [7, 11) is 0. The van der Waals surface area contributed by atoms with E-state index in [2.05, 4.69) is 4.98 Å². The number of aromatic nitrogens is 2. The van der Waals surface area contributed by atoms with Gasteiger partial charge in [0, 0.05) is 11.8 Å². The number of hydrogen-bond donors (Lipinski definition) is 1. The van der Waals surface area contributed by atoms with Gasteiger partial charge in [-0.2, -0.15) is 0 Å². The standard InChI is InChI=1S/C11H16N2O2/c1-8-6-12-7-13(11(8)15)9-4-2-3-5-10(9)14/h6-7,9-10,14H,2-5H2,1H3. The average Bonchev–Trinajstić information content (AvgIpc) is 2.23. The predicted octanol–water partition coefficient (Wildman–Crippen LogP) is 1.03. The number of hydrogen-bond acceptors (Lipinski definition) is 3. The molecule has 0 bridgehead atoms. The largest absolute Gasteiger partial charge is 0.391 e. The molecule has 2 rings (SSSR count). The van der Waals surface area contributed by atoms with Gasteiger partial charge in [-0.25, -0.2) is 4.98 Å². The Labute approximate surface area is 88.6 Å². The van der Waals surface area contributed by atoms with Crippen LogP contribution in [0.25, 0.3) is 0 Å². The SMILES string of the molecule is Cc1cncn(C2CCCCC2O)c1=O. The smallest absolute Gasteiger partial charge is 0.256 e. The quantitative estimate of drug-likeness (QED) is 0.750. The normalized spacial score (nSPS) is 26.5. The van der Waals surface area contributed by atoms with Crippen LogP contribution in [0.5, 0.6) is 0 Å². The summed E-state index contributed by atoms with van der Waals surface area (Å²) >= 11 is 0. The summed E-state index contributed by atoms with van der Waals surface area (Å²) in [5.41, 5.74) is 0.603. The molecule has 1 fully saturated rings. The highest BCUT2D eigenvalue weighted by molar-refractivity contribution is 5.02. The lowest BCUT2D eigenvalue weighted by Crippen LogP contribution is -2.35. The summed E-state index contributed by atoms with van der Waals surface area (Å²) in [6.07, 6.45) is 6.47. The van der Waals surface area contributed by atoms with E-state index < -0.39 is 6.10 Å². The highest BCUT2D eigenvalue weighted by atomic mass is 16.3. The van der Waals surface area contributed by atoms with Gasteiger partial charge in [-0.1, -0.05) is 12.8 Å². The molecule has 1 saturated carbocycles. The lowest BCUT2D eigenvalue weighted by atomic mass is 9.92. The molecule has 1 aliphatic rings. The van der Waals surface area contributed by atoms with Crippen molar-refractivity contribution < 1.29 is 5.11 Å². The molecule has 15 heavy (non-hydrogen) atoms. The zero-order chi connectivity index (χ0) is 10.8. The van der Waals surface area contributed by atoms with Crippen LogP contribution in [0.3, 0.4) is 0 Å². The first kappa shape index (κ1) is 10.4. The summed E-state index contributed by atoms with van der Waals surface area (Å²) in [5.74, 6) is 0. The van der Waals surface area contributed by atoms with Gasteiger partial charge in [0.1, 0.15) is 0 Å². The van der Waals surface area contributed by atoms with Crippen molar-refractivity contribution in [2.24, 2.45) is 0 Å². The van der Waals surface area contributed by atoms with Crippen molar-refractivity contribution in [2.75, 3.05) is 0 Å². The molecule has 1 N–H and O–H groups in total. The minimum Gasteiger partial charge on any atom is -0.391 e. The predicted molar refractivity (Wildman–Crippen MR) is 56.7 cm³/mol. The Morgan fingerprint density at radius 3 is 2.93 bits per heavy atom. The average molecular weight is 208 g/mol. The van der Waals surface area contributed by atoms with E-state index in [-0.39, 0.29) is 11.6 Å². The van der Waals surface area contributed by atoms with Crippen molar-refractivity contribution >= 4 is 0 Å². The molecule has 1 aliphatic carbocycles. The van der Waals surface area contributed by atoms with Gasteiger partial charge in [0.05, 0.1) is 18.5 Å². The molecule has 0 radical (unpaired) electrons. The molecule has 0 aromatic carbocycles. The molecule has 2 atom stereocenters. The Morgan fingerprint density at radius 1 is 1.47 bits per heavy atom. The first-order valence-electron chi connectivity index (χ1n) is 5.41.